The fraction of sp³-hybridized carbons (Fsp3) is 0.600. The van der Waals surface area contributed by atoms with Crippen molar-refractivity contribution in [2.75, 3.05) is 18.6 Å². The molecule has 106 valence electrons. The van der Waals surface area contributed by atoms with Crippen molar-refractivity contribution in [1.82, 2.24) is 5.32 Å². The van der Waals surface area contributed by atoms with Crippen molar-refractivity contribution in [2.24, 2.45) is 5.92 Å². The summed E-state index contributed by atoms with van der Waals surface area (Å²) >= 11 is 7.83. The van der Waals surface area contributed by atoms with Crippen LogP contribution in [-0.4, -0.2) is 24.6 Å². The van der Waals surface area contributed by atoms with Crippen LogP contribution in [0.15, 0.2) is 18.2 Å². The molecule has 1 saturated heterocycles. The Morgan fingerprint density at radius 3 is 2.79 bits per heavy atom. The molecular formula is C15H21ClFNS. The summed E-state index contributed by atoms with van der Waals surface area (Å²) in [6.07, 6.45) is 4.47. The smallest absolute Gasteiger partial charge is 0.127 e. The third-order valence-corrected chi connectivity index (χ3v) is 5.13. The van der Waals surface area contributed by atoms with Gasteiger partial charge in [-0.3, -0.25) is 0 Å². The molecule has 19 heavy (non-hydrogen) atoms. The Hall–Kier alpha value is -0.250. The zero-order chi connectivity index (χ0) is 13.7. The van der Waals surface area contributed by atoms with Gasteiger partial charge in [0.25, 0.3) is 0 Å². The maximum atomic E-state index is 13.8. The third kappa shape index (κ3) is 4.66. The van der Waals surface area contributed by atoms with Gasteiger partial charge in [0, 0.05) is 11.1 Å². The quantitative estimate of drug-likeness (QED) is 0.877. The van der Waals surface area contributed by atoms with Gasteiger partial charge >= 0.3 is 0 Å². The number of halogens is 2. The van der Waals surface area contributed by atoms with Gasteiger partial charge in [0.1, 0.15) is 5.82 Å². The molecule has 1 unspecified atom stereocenters. The molecule has 0 amide bonds. The van der Waals surface area contributed by atoms with Crippen LogP contribution in [0.4, 0.5) is 4.39 Å². The Kier molecular flexibility index (Phi) is 5.99. The average Bonchev–Trinajstić information content (AvgIpc) is 2.42. The second-order valence-electron chi connectivity index (χ2n) is 5.22. The van der Waals surface area contributed by atoms with E-state index >= 15 is 0 Å². The number of thioether (sulfide) groups is 1. The van der Waals surface area contributed by atoms with Gasteiger partial charge in [-0.2, -0.15) is 11.8 Å². The maximum absolute atomic E-state index is 13.8. The highest BCUT2D eigenvalue weighted by atomic mass is 35.5. The lowest BCUT2D eigenvalue weighted by Gasteiger charge is -2.26. The summed E-state index contributed by atoms with van der Waals surface area (Å²) < 4.78 is 13.8. The number of likely N-dealkylation sites (N-methyl/N-ethyl adjacent to an activating group) is 1. The second kappa shape index (κ2) is 7.51. The minimum Gasteiger partial charge on any atom is -0.317 e. The normalized spacial score (nSPS) is 18.5. The zero-order valence-electron chi connectivity index (χ0n) is 11.3. The van der Waals surface area contributed by atoms with Gasteiger partial charge in [-0.15, -0.1) is 0 Å². The fourth-order valence-corrected chi connectivity index (χ4v) is 4.00. The molecule has 1 aliphatic heterocycles. The summed E-state index contributed by atoms with van der Waals surface area (Å²) in [5.41, 5.74) is 0.758. The molecule has 1 N–H and O–H groups in total. The Labute approximate surface area is 124 Å². The molecule has 1 atom stereocenters. The second-order valence-corrected chi connectivity index (χ2v) is 6.88. The van der Waals surface area contributed by atoms with Crippen molar-refractivity contribution in [3.8, 4) is 0 Å². The van der Waals surface area contributed by atoms with E-state index in [9.17, 15) is 4.39 Å². The average molecular weight is 302 g/mol. The van der Waals surface area contributed by atoms with E-state index in [1.54, 1.807) is 12.1 Å². The van der Waals surface area contributed by atoms with Crippen LogP contribution in [0, 0.1) is 11.7 Å². The van der Waals surface area contributed by atoms with Gasteiger partial charge in [-0.05, 0) is 67.9 Å². The van der Waals surface area contributed by atoms with E-state index < -0.39 is 0 Å². The van der Waals surface area contributed by atoms with Crippen LogP contribution in [0.3, 0.4) is 0 Å². The van der Waals surface area contributed by atoms with Gasteiger partial charge in [-0.1, -0.05) is 17.7 Å². The molecule has 1 aliphatic rings. The number of nitrogens with one attached hydrogen (secondary N) is 1. The topological polar surface area (TPSA) is 12.0 Å². The van der Waals surface area contributed by atoms with E-state index in [1.807, 2.05) is 18.8 Å². The van der Waals surface area contributed by atoms with Crippen LogP contribution in [0.5, 0.6) is 0 Å². The maximum Gasteiger partial charge on any atom is 0.127 e. The van der Waals surface area contributed by atoms with E-state index in [2.05, 4.69) is 5.32 Å². The summed E-state index contributed by atoms with van der Waals surface area (Å²) in [7, 11) is 1.97. The molecule has 0 radical (unpaired) electrons. The van der Waals surface area contributed by atoms with E-state index in [1.165, 1.54) is 30.4 Å². The van der Waals surface area contributed by atoms with Crippen molar-refractivity contribution >= 4 is 23.4 Å². The summed E-state index contributed by atoms with van der Waals surface area (Å²) in [4.78, 5) is 0. The van der Waals surface area contributed by atoms with Gasteiger partial charge in [0.05, 0.1) is 0 Å². The van der Waals surface area contributed by atoms with Gasteiger partial charge in [0.15, 0.2) is 0 Å². The lowest BCUT2D eigenvalue weighted by atomic mass is 9.91. The van der Waals surface area contributed by atoms with Crippen LogP contribution in [0.1, 0.15) is 24.8 Å². The Balaban J connectivity index is 1.94. The van der Waals surface area contributed by atoms with E-state index in [-0.39, 0.29) is 5.82 Å². The molecule has 0 aliphatic carbocycles. The first-order valence-electron chi connectivity index (χ1n) is 6.88. The Morgan fingerprint density at radius 1 is 1.42 bits per heavy atom. The lowest BCUT2D eigenvalue weighted by molar-refractivity contribution is 0.373. The van der Waals surface area contributed by atoms with E-state index in [0.29, 0.717) is 11.1 Å². The number of hydrogen-bond acceptors (Lipinski definition) is 2. The minimum absolute atomic E-state index is 0.188. The third-order valence-electron chi connectivity index (χ3n) is 3.85. The molecule has 0 aromatic heterocycles. The molecule has 2 rings (SSSR count). The Bertz CT molecular complexity index is 407. The first-order chi connectivity index (χ1) is 9.19. The molecular weight excluding hydrogens is 281 g/mol. The molecule has 1 fully saturated rings. The monoisotopic (exact) mass is 301 g/mol. The van der Waals surface area contributed by atoms with Crippen molar-refractivity contribution in [2.45, 2.75) is 31.7 Å². The largest absolute Gasteiger partial charge is 0.317 e. The van der Waals surface area contributed by atoms with Crippen LogP contribution >= 0.6 is 23.4 Å². The van der Waals surface area contributed by atoms with E-state index in [4.69, 9.17) is 11.6 Å². The fourth-order valence-electron chi connectivity index (χ4n) is 2.64. The standard InChI is InChI=1S/C15H21ClFNS/c1-18-14(8-11-4-6-19-7-5-11)9-12-2-3-13(16)10-15(12)17/h2-3,10-11,14,18H,4-9H2,1H3. The van der Waals surface area contributed by atoms with Crippen molar-refractivity contribution < 1.29 is 4.39 Å². The highest BCUT2D eigenvalue weighted by Gasteiger charge is 2.19. The molecule has 1 aromatic carbocycles. The van der Waals surface area contributed by atoms with Crippen LogP contribution in [0.2, 0.25) is 5.02 Å². The number of rotatable bonds is 5. The van der Waals surface area contributed by atoms with Gasteiger partial charge in [-0.25, -0.2) is 4.39 Å². The highest BCUT2D eigenvalue weighted by molar-refractivity contribution is 7.99. The summed E-state index contributed by atoms with van der Waals surface area (Å²) in [5.74, 6) is 3.15. The first-order valence-corrected chi connectivity index (χ1v) is 8.41. The molecule has 0 bridgehead atoms. The summed E-state index contributed by atoms with van der Waals surface area (Å²) in [5, 5.41) is 3.80. The number of hydrogen-bond donors (Lipinski definition) is 1. The predicted molar refractivity (Wildman–Crippen MR) is 82.6 cm³/mol. The van der Waals surface area contributed by atoms with Crippen molar-refractivity contribution in [3.63, 3.8) is 0 Å². The SMILES string of the molecule is CNC(Cc1ccc(Cl)cc1F)CC1CCSCC1. The molecule has 1 aromatic rings. The molecule has 0 spiro atoms. The van der Waals surface area contributed by atoms with Crippen molar-refractivity contribution in [1.29, 1.82) is 0 Å². The predicted octanol–water partition coefficient (Wildman–Crippen LogP) is 4.14. The summed E-state index contributed by atoms with van der Waals surface area (Å²) in [6.45, 7) is 0. The lowest BCUT2D eigenvalue weighted by Crippen LogP contribution is -2.31. The van der Waals surface area contributed by atoms with Crippen molar-refractivity contribution in [3.05, 3.63) is 34.6 Å². The van der Waals surface area contributed by atoms with Crippen LogP contribution in [0.25, 0.3) is 0 Å². The highest BCUT2D eigenvalue weighted by Crippen LogP contribution is 2.27. The molecule has 0 saturated carbocycles. The van der Waals surface area contributed by atoms with Gasteiger partial charge < -0.3 is 5.32 Å². The first kappa shape index (κ1) is 15.1. The Morgan fingerprint density at radius 2 is 2.16 bits per heavy atom. The zero-order valence-corrected chi connectivity index (χ0v) is 12.9. The van der Waals surface area contributed by atoms with E-state index in [0.717, 1.165) is 24.3 Å². The van der Waals surface area contributed by atoms with Crippen LogP contribution in [-0.2, 0) is 6.42 Å². The van der Waals surface area contributed by atoms with Crippen LogP contribution < -0.4 is 5.32 Å². The summed E-state index contributed by atoms with van der Waals surface area (Å²) in [6, 6.07) is 5.33. The minimum atomic E-state index is -0.188. The number of benzene rings is 1. The molecule has 1 nitrogen and oxygen atoms in total. The molecule has 4 heteroatoms. The molecule has 1 heterocycles. The van der Waals surface area contributed by atoms with Gasteiger partial charge in [0.2, 0.25) is 0 Å².